The van der Waals surface area contributed by atoms with Gasteiger partial charge in [-0.3, -0.25) is 4.79 Å². The largest absolute Gasteiger partial charge is 0.461 e. The number of nitrogens with zero attached hydrogens (tertiary/aromatic N) is 2. The molecule has 1 fully saturated rings. The van der Waals surface area contributed by atoms with Crippen molar-refractivity contribution >= 4 is 23.2 Å². The zero-order chi connectivity index (χ0) is 15.2. The Morgan fingerprint density at radius 1 is 1.48 bits per heavy atom. The number of carbonyl (C=O) groups excluding carboxylic acids is 2. The average Bonchev–Trinajstić information content (AvgIpc) is 3.15. The second-order valence-corrected chi connectivity index (χ2v) is 5.78. The Morgan fingerprint density at radius 2 is 2.19 bits per heavy atom. The second-order valence-electron chi connectivity index (χ2n) is 4.92. The summed E-state index contributed by atoms with van der Waals surface area (Å²) < 4.78 is 4.87. The second kappa shape index (κ2) is 7.51. The maximum atomic E-state index is 12.5. The summed E-state index contributed by atoms with van der Waals surface area (Å²) in [5, 5.41) is 10.9. The molecule has 1 amide bonds. The molecule has 0 saturated heterocycles. The molecule has 116 valence electrons. The Morgan fingerprint density at radius 3 is 2.81 bits per heavy atom. The van der Waals surface area contributed by atoms with Gasteiger partial charge < -0.3 is 14.7 Å². The lowest BCUT2D eigenvalue weighted by Gasteiger charge is -2.27. The van der Waals surface area contributed by atoms with E-state index in [0.717, 1.165) is 37.0 Å². The number of amides is 1. The highest BCUT2D eigenvalue weighted by Crippen LogP contribution is 2.25. The molecule has 1 aromatic heterocycles. The number of esters is 1. The molecule has 1 N–H and O–H groups in total. The number of carbonyl (C=O) groups is 2. The van der Waals surface area contributed by atoms with Crippen LogP contribution in [0, 0.1) is 0 Å². The van der Waals surface area contributed by atoms with Gasteiger partial charge in [0, 0.05) is 18.0 Å². The molecule has 0 unspecified atom stereocenters. The minimum atomic E-state index is -0.504. The van der Waals surface area contributed by atoms with Gasteiger partial charge in [0.15, 0.2) is 0 Å². The van der Waals surface area contributed by atoms with Crippen LogP contribution in [-0.2, 0) is 4.74 Å². The van der Waals surface area contributed by atoms with Crippen molar-refractivity contribution in [1.29, 1.82) is 0 Å². The topological polar surface area (TPSA) is 79.7 Å². The van der Waals surface area contributed by atoms with Gasteiger partial charge >= 0.3 is 5.97 Å². The Balaban J connectivity index is 2.11. The van der Waals surface area contributed by atoms with Crippen molar-refractivity contribution in [3.05, 3.63) is 16.1 Å². The lowest BCUT2D eigenvalue weighted by Crippen LogP contribution is -2.40. The van der Waals surface area contributed by atoms with E-state index < -0.39 is 5.97 Å². The highest BCUT2D eigenvalue weighted by atomic mass is 32.1. The summed E-state index contributed by atoms with van der Waals surface area (Å²) in [7, 11) is 0. The van der Waals surface area contributed by atoms with Gasteiger partial charge in [0.2, 0.25) is 5.01 Å². The van der Waals surface area contributed by atoms with E-state index in [1.165, 1.54) is 0 Å². The normalized spacial score (nSPS) is 15.1. The van der Waals surface area contributed by atoms with E-state index >= 15 is 0 Å². The van der Waals surface area contributed by atoms with Crippen LogP contribution in [0.4, 0.5) is 0 Å². The molecule has 1 aliphatic rings. The lowest BCUT2D eigenvalue weighted by molar-refractivity contribution is 0.0525. The fourth-order valence-corrected chi connectivity index (χ4v) is 3.26. The summed E-state index contributed by atoms with van der Waals surface area (Å²) in [6.45, 7) is 2.23. The van der Waals surface area contributed by atoms with E-state index in [4.69, 9.17) is 4.74 Å². The first-order chi connectivity index (χ1) is 10.2. The van der Waals surface area contributed by atoms with E-state index in [9.17, 15) is 14.7 Å². The van der Waals surface area contributed by atoms with E-state index in [1.54, 1.807) is 17.2 Å². The first-order valence-electron chi connectivity index (χ1n) is 7.21. The van der Waals surface area contributed by atoms with Crippen LogP contribution in [0.25, 0.3) is 0 Å². The van der Waals surface area contributed by atoms with E-state index in [-0.39, 0.29) is 35.9 Å². The van der Waals surface area contributed by atoms with Gasteiger partial charge in [0.1, 0.15) is 5.69 Å². The molecule has 1 heterocycles. The summed E-state index contributed by atoms with van der Waals surface area (Å²) in [6, 6.07) is 0.164. The van der Waals surface area contributed by atoms with Crippen molar-refractivity contribution in [2.75, 3.05) is 19.8 Å². The molecule has 0 aliphatic heterocycles. The van der Waals surface area contributed by atoms with Gasteiger partial charge in [0.25, 0.3) is 5.91 Å². The molecule has 0 atom stereocenters. The van der Waals surface area contributed by atoms with Crippen LogP contribution in [0.15, 0.2) is 5.38 Å². The minimum Gasteiger partial charge on any atom is -0.461 e. The van der Waals surface area contributed by atoms with Crippen LogP contribution in [0.3, 0.4) is 0 Å². The van der Waals surface area contributed by atoms with Crippen molar-refractivity contribution in [2.45, 2.75) is 38.6 Å². The minimum absolute atomic E-state index is 0.0723. The summed E-state index contributed by atoms with van der Waals surface area (Å²) >= 11 is 1.11. The highest BCUT2D eigenvalue weighted by molar-refractivity contribution is 7.11. The van der Waals surface area contributed by atoms with Crippen molar-refractivity contribution in [2.24, 2.45) is 0 Å². The number of rotatable bonds is 6. The van der Waals surface area contributed by atoms with Crippen LogP contribution in [0.2, 0.25) is 0 Å². The first-order valence-corrected chi connectivity index (χ1v) is 8.09. The highest BCUT2D eigenvalue weighted by Gasteiger charge is 2.28. The molecule has 2 rings (SSSR count). The molecular weight excluding hydrogens is 292 g/mol. The Bertz CT molecular complexity index is 497. The van der Waals surface area contributed by atoms with Gasteiger partial charge in [-0.25, -0.2) is 9.78 Å². The summed E-state index contributed by atoms with van der Waals surface area (Å²) in [5.74, 6) is -0.723. The van der Waals surface area contributed by atoms with Gasteiger partial charge in [-0.15, -0.1) is 11.3 Å². The maximum Gasteiger partial charge on any atom is 0.367 e. The van der Waals surface area contributed by atoms with E-state index in [1.807, 2.05) is 0 Å². The molecular formula is C14H20N2O4S. The van der Waals surface area contributed by atoms with Crippen LogP contribution >= 0.6 is 11.3 Å². The smallest absolute Gasteiger partial charge is 0.367 e. The third-order valence-electron chi connectivity index (χ3n) is 3.54. The van der Waals surface area contributed by atoms with Crippen LogP contribution in [0.5, 0.6) is 0 Å². The van der Waals surface area contributed by atoms with Crippen LogP contribution in [0.1, 0.15) is 52.9 Å². The standard InChI is InChI=1S/C14H20N2O4S/c1-2-20-14(19)12-15-11(9-21-12)13(18)16(7-8-17)10-5-3-4-6-10/h9-10,17H,2-8H2,1H3. The van der Waals surface area contributed by atoms with E-state index in [0.29, 0.717) is 6.54 Å². The molecule has 6 nitrogen and oxygen atoms in total. The molecule has 21 heavy (non-hydrogen) atoms. The predicted octanol–water partition coefficient (Wildman–Crippen LogP) is 1.70. The zero-order valence-electron chi connectivity index (χ0n) is 12.1. The number of hydrogen-bond acceptors (Lipinski definition) is 6. The number of ether oxygens (including phenoxy) is 1. The molecule has 7 heteroatoms. The number of hydrogen-bond donors (Lipinski definition) is 1. The SMILES string of the molecule is CCOC(=O)c1nc(C(=O)N(CCO)C2CCCC2)cs1. The van der Waals surface area contributed by atoms with Gasteiger partial charge in [-0.2, -0.15) is 0 Å². The van der Waals surface area contributed by atoms with Crippen molar-refractivity contribution in [1.82, 2.24) is 9.88 Å². The fourth-order valence-electron chi connectivity index (χ4n) is 2.58. The summed E-state index contributed by atoms with van der Waals surface area (Å²) in [4.78, 5) is 29.9. The number of aliphatic hydroxyl groups is 1. The Kier molecular flexibility index (Phi) is 5.69. The third kappa shape index (κ3) is 3.79. The van der Waals surface area contributed by atoms with Crippen molar-refractivity contribution in [3.8, 4) is 0 Å². The van der Waals surface area contributed by atoms with Crippen LogP contribution in [-0.4, -0.2) is 52.7 Å². The quantitative estimate of drug-likeness (QED) is 0.809. The average molecular weight is 312 g/mol. The molecule has 1 saturated carbocycles. The molecule has 0 bridgehead atoms. The molecule has 0 aromatic carbocycles. The molecule has 0 spiro atoms. The molecule has 0 radical (unpaired) electrons. The molecule has 1 aromatic rings. The Labute approximate surface area is 127 Å². The zero-order valence-corrected chi connectivity index (χ0v) is 12.9. The van der Waals surface area contributed by atoms with Crippen LogP contribution < -0.4 is 0 Å². The number of aliphatic hydroxyl groups excluding tert-OH is 1. The Hall–Kier alpha value is -1.47. The monoisotopic (exact) mass is 312 g/mol. The van der Waals surface area contributed by atoms with Gasteiger partial charge in [0.05, 0.1) is 13.2 Å². The van der Waals surface area contributed by atoms with E-state index in [2.05, 4.69) is 4.98 Å². The maximum absolute atomic E-state index is 12.5. The summed E-state index contributed by atoms with van der Waals surface area (Å²) in [6.07, 6.45) is 4.12. The predicted molar refractivity (Wildman–Crippen MR) is 78.4 cm³/mol. The molecule has 1 aliphatic carbocycles. The van der Waals surface area contributed by atoms with Gasteiger partial charge in [-0.1, -0.05) is 12.8 Å². The summed E-state index contributed by atoms with van der Waals surface area (Å²) in [5.41, 5.74) is 0.253. The number of aromatic nitrogens is 1. The van der Waals surface area contributed by atoms with Crippen molar-refractivity contribution < 1.29 is 19.4 Å². The third-order valence-corrected chi connectivity index (χ3v) is 4.36. The fraction of sp³-hybridized carbons (Fsp3) is 0.643. The first kappa shape index (κ1) is 15.9. The van der Waals surface area contributed by atoms with Crippen molar-refractivity contribution in [3.63, 3.8) is 0 Å². The number of thiazole rings is 1. The van der Waals surface area contributed by atoms with Gasteiger partial charge in [-0.05, 0) is 19.8 Å². The lowest BCUT2D eigenvalue weighted by atomic mass is 10.2.